The number of hydrogen-bond donors (Lipinski definition) is 1. The van der Waals surface area contributed by atoms with Gasteiger partial charge in [0, 0.05) is 23.8 Å². The summed E-state index contributed by atoms with van der Waals surface area (Å²) in [7, 11) is -3.63. The highest BCUT2D eigenvalue weighted by Gasteiger charge is 2.31. The van der Waals surface area contributed by atoms with Gasteiger partial charge in [0.2, 0.25) is 10.0 Å². The summed E-state index contributed by atoms with van der Waals surface area (Å²) in [6.45, 7) is 2.43. The van der Waals surface area contributed by atoms with Gasteiger partial charge in [-0.3, -0.25) is 4.79 Å². The maximum Gasteiger partial charge on any atom is 0.255 e. The van der Waals surface area contributed by atoms with E-state index in [0.29, 0.717) is 18.7 Å². The predicted octanol–water partition coefficient (Wildman–Crippen LogP) is 3.57. The summed E-state index contributed by atoms with van der Waals surface area (Å²) in [4.78, 5) is 12.7. The lowest BCUT2D eigenvalue weighted by atomic mass is 10.1. The molecule has 3 rings (SSSR count). The molecule has 146 valence electrons. The van der Waals surface area contributed by atoms with Crippen molar-refractivity contribution in [3.8, 4) is 6.07 Å². The van der Waals surface area contributed by atoms with Crippen molar-refractivity contribution in [3.63, 3.8) is 0 Å². The molecule has 6 nitrogen and oxygen atoms in total. The smallest absolute Gasteiger partial charge is 0.255 e. The fourth-order valence-electron chi connectivity index (χ4n) is 3.36. The number of sulfonamides is 1. The van der Waals surface area contributed by atoms with E-state index < -0.39 is 10.0 Å². The van der Waals surface area contributed by atoms with Crippen LogP contribution in [0.1, 0.15) is 42.1 Å². The first-order chi connectivity index (χ1) is 13.4. The Morgan fingerprint density at radius 2 is 1.96 bits per heavy atom. The van der Waals surface area contributed by atoms with Gasteiger partial charge in [0.05, 0.1) is 17.4 Å². The Labute approximate surface area is 165 Å². The third-order valence-corrected chi connectivity index (χ3v) is 6.95. The second-order valence-corrected chi connectivity index (χ2v) is 8.86. The lowest BCUT2D eigenvalue weighted by Crippen LogP contribution is -2.41. The van der Waals surface area contributed by atoms with Crippen molar-refractivity contribution in [1.82, 2.24) is 4.31 Å². The highest BCUT2D eigenvalue weighted by Crippen LogP contribution is 2.25. The van der Waals surface area contributed by atoms with Crippen molar-refractivity contribution in [3.05, 3.63) is 59.7 Å². The number of carbonyl (C=O) groups is 1. The van der Waals surface area contributed by atoms with E-state index in [-0.39, 0.29) is 22.4 Å². The molecule has 0 bridgehead atoms. The number of amides is 1. The maximum atomic E-state index is 13.0. The van der Waals surface area contributed by atoms with E-state index in [9.17, 15) is 13.2 Å². The van der Waals surface area contributed by atoms with Crippen molar-refractivity contribution < 1.29 is 13.2 Å². The van der Waals surface area contributed by atoms with Crippen LogP contribution in [0, 0.1) is 11.3 Å². The Morgan fingerprint density at radius 3 is 2.64 bits per heavy atom. The summed E-state index contributed by atoms with van der Waals surface area (Å²) in [5.41, 5.74) is 1.74. The largest absolute Gasteiger partial charge is 0.322 e. The van der Waals surface area contributed by atoms with Gasteiger partial charge >= 0.3 is 0 Å². The van der Waals surface area contributed by atoms with Crippen molar-refractivity contribution in [2.24, 2.45) is 0 Å². The normalized spacial score (nSPS) is 17.6. The van der Waals surface area contributed by atoms with E-state index in [1.807, 2.05) is 6.92 Å². The number of carbonyl (C=O) groups excluding carboxylic acids is 1. The van der Waals surface area contributed by atoms with Crippen molar-refractivity contribution >= 4 is 21.6 Å². The summed E-state index contributed by atoms with van der Waals surface area (Å²) in [6.07, 6.45) is 3.04. The fraction of sp³-hybridized carbons (Fsp3) is 0.333. The second-order valence-electron chi connectivity index (χ2n) is 6.97. The zero-order valence-electron chi connectivity index (χ0n) is 15.8. The Balaban J connectivity index is 1.78. The number of nitriles is 1. The van der Waals surface area contributed by atoms with Gasteiger partial charge in [-0.05, 0) is 55.7 Å². The van der Waals surface area contributed by atoms with Crippen LogP contribution in [0.4, 0.5) is 5.69 Å². The van der Waals surface area contributed by atoms with Crippen LogP contribution in [-0.4, -0.2) is 31.2 Å². The first kappa shape index (κ1) is 20.1. The first-order valence-corrected chi connectivity index (χ1v) is 10.7. The standard InChI is InChI=1S/C21H23N3O3S/c1-16-5-2-3-14-24(16)28(26,27)20-7-4-6-18(15-20)21(25)23-19-10-8-17(9-11-19)12-13-22/h4,6-11,15-16H,2-3,5,12,14H2,1H3,(H,23,25)/t16-/m1/s1. The van der Waals surface area contributed by atoms with E-state index in [1.54, 1.807) is 36.4 Å². The molecular weight excluding hydrogens is 374 g/mol. The molecule has 1 aliphatic heterocycles. The maximum absolute atomic E-state index is 13.0. The molecule has 0 saturated carbocycles. The Bertz CT molecular complexity index is 994. The number of hydrogen-bond acceptors (Lipinski definition) is 4. The molecule has 1 saturated heterocycles. The van der Waals surface area contributed by atoms with Crippen LogP contribution in [0.15, 0.2) is 53.4 Å². The number of piperidine rings is 1. The summed E-state index contributed by atoms with van der Waals surface area (Å²) in [6, 6.07) is 15.2. The molecule has 1 N–H and O–H groups in total. The van der Waals surface area contributed by atoms with Crippen molar-refractivity contribution in [2.45, 2.75) is 43.5 Å². The number of benzene rings is 2. The lowest BCUT2D eigenvalue weighted by Gasteiger charge is -2.32. The van der Waals surface area contributed by atoms with E-state index in [2.05, 4.69) is 11.4 Å². The first-order valence-electron chi connectivity index (χ1n) is 9.31. The molecule has 1 fully saturated rings. The lowest BCUT2D eigenvalue weighted by molar-refractivity contribution is 0.102. The summed E-state index contributed by atoms with van der Waals surface area (Å²) < 4.78 is 27.5. The summed E-state index contributed by atoms with van der Waals surface area (Å²) in [5.74, 6) is -0.378. The van der Waals surface area contributed by atoms with Crippen LogP contribution in [0.3, 0.4) is 0 Å². The minimum Gasteiger partial charge on any atom is -0.322 e. The number of anilines is 1. The van der Waals surface area contributed by atoms with Crippen LogP contribution in [0.2, 0.25) is 0 Å². The fourth-order valence-corrected chi connectivity index (χ4v) is 5.11. The van der Waals surface area contributed by atoms with Gasteiger partial charge in [-0.25, -0.2) is 8.42 Å². The van der Waals surface area contributed by atoms with Gasteiger partial charge in [-0.15, -0.1) is 0 Å². The molecule has 1 aliphatic rings. The summed E-state index contributed by atoms with van der Waals surface area (Å²) >= 11 is 0. The Morgan fingerprint density at radius 1 is 1.21 bits per heavy atom. The molecule has 0 aliphatic carbocycles. The van der Waals surface area contributed by atoms with E-state index in [4.69, 9.17) is 5.26 Å². The number of nitrogens with one attached hydrogen (secondary N) is 1. The third-order valence-electron chi connectivity index (χ3n) is 4.94. The Hall–Kier alpha value is -2.69. The monoisotopic (exact) mass is 397 g/mol. The molecule has 28 heavy (non-hydrogen) atoms. The number of rotatable bonds is 5. The molecule has 0 spiro atoms. The molecule has 1 amide bonds. The van der Waals surface area contributed by atoms with Crippen LogP contribution in [-0.2, 0) is 16.4 Å². The molecule has 0 aromatic heterocycles. The highest BCUT2D eigenvalue weighted by atomic mass is 32.2. The van der Waals surface area contributed by atoms with E-state index >= 15 is 0 Å². The van der Waals surface area contributed by atoms with Gasteiger partial charge in [-0.1, -0.05) is 24.6 Å². The predicted molar refractivity (Wildman–Crippen MR) is 107 cm³/mol. The minimum absolute atomic E-state index is 0.0387. The summed E-state index contributed by atoms with van der Waals surface area (Å²) in [5, 5.41) is 11.5. The highest BCUT2D eigenvalue weighted by molar-refractivity contribution is 7.89. The average Bonchev–Trinajstić information content (AvgIpc) is 2.70. The molecule has 0 radical (unpaired) electrons. The van der Waals surface area contributed by atoms with Crippen LogP contribution < -0.4 is 5.32 Å². The Kier molecular flexibility index (Phi) is 6.12. The molecule has 1 heterocycles. The molecule has 0 unspecified atom stereocenters. The van der Waals surface area contributed by atoms with Gasteiger partial charge in [0.15, 0.2) is 0 Å². The zero-order chi connectivity index (χ0) is 20.1. The van der Waals surface area contributed by atoms with Crippen molar-refractivity contribution in [2.75, 3.05) is 11.9 Å². The van der Waals surface area contributed by atoms with Crippen LogP contribution in [0.25, 0.3) is 0 Å². The minimum atomic E-state index is -3.63. The number of nitrogens with zero attached hydrogens (tertiary/aromatic N) is 2. The zero-order valence-corrected chi connectivity index (χ0v) is 16.6. The van der Waals surface area contributed by atoms with Gasteiger partial charge in [0.1, 0.15) is 0 Å². The van der Waals surface area contributed by atoms with Crippen LogP contribution >= 0.6 is 0 Å². The van der Waals surface area contributed by atoms with E-state index in [0.717, 1.165) is 24.8 Å². The van der Waals surface area contributed by atoms with Gasteiger partial charge < -0.3 is 5.32 Å². The molecule has 7 heteroatoms. The van der Waals surface area contributed by atoms with E-state index in [1.165, 1.54) is 16.4 Å². The molecular formula is C21H23N3O3S. The second kappa shape index (κ2) is 8.55. The molecule has 2 aromatic rings. The van der Waals surface area contributed by atoms with Crippen LogP contribution in [0.5, 0.6) is 0 Å². The molecule has 1 atom stereocenters. The van der Waals surface area contributed by atoms with Crippen molar-refractivity contribution in [1.29, 1.82) is 5.26 Å². The average molecular weight is 398 g/mol. The third kappa shape index (κ3) is 4.41. The SMILES string of the molecule is C[C@@H]1CCCCN1S(=O)(=O)c1cccc(C(=O)Nc2ccc(CC#N)cc2)c1. The molecule has 2 aromatic carbocycles. The van der Waals surface area contributed by atoms with Gasteiger partial charge in [0.25, 0.3) is 5.91 Å². The quantitative estimate of drug-likeness (QED) is 0.835. The van der Waals surface area contributed by atoms with Gasteiger partial charge in [-0.2, -0.15) is 9.57 Å². The topological polar surface area (TPSA) is 90.3 Å².